The predicted octanol–water partition coefficient (Wildman–Crippen LogP) is 2.86. The number of halogens is 2. The van der Waals surface area contributed by atoms with Gasteiger partial charge in [-0.05, 0) is 44.5 Å². The molecule has 0 bridgehead atoms. The molecule has 0 aromatic heterocycles. The molecule has 2 N–H and O–H groups in total. The van der Waals surface area contributed by atoms with Crippen LogP contribution in [0.4, 0.5) is 0 Å². The number of benzene rings is 1. The van der Waals surface area contributed by atoms with Crippen molar-refractivity contribution in [3.8, 4) is 11.5 Å². The van der Waals surface area contributed by atoms with Gasteiger partial charge in [0.15, 0.2) is 5.75 Å². The second-order valence-electron chi connectivity index (χ2n) is 5.61. The van der Waals surface area contributed by atoms with Crippen molar-refractivity contribution in [2.75, 3.05) is 27.2 Å². The smallest absolute Gasteiger partial charge is 0.258 e. The molecule has 1 aliphatic heterocycles. The summed E-state index contributed by atoms with van der Waals surface area (Å²) in [4.78, 5) is 14.7. The average Bonchev–Trinajstić information content (AvgIpc) is 2.91. The largest absolute Gasteiger partial charge is 0.507 e. The van der Waals surface area contributed by atoms with Gasteiger partial charge in [-0.3, -0.25) is 4.79 Å². The quantitative estimate of drug-likeness (QED) is 0.845. The van der Waals surface area contributed by atoms with Gasteiger partial charge in [-0.15, -0.1) is 12.4 Å². The lowest BCUT2D eigenvalue weighted by atomic mass is 10.0. The summed E-state index contributed by atoms with van der Waals surface area (Å²) in [5.41, 5.74) is 0.751. The zero-order valence-electron chi connectivity index (χ0n) is 13.7. The van der Waals surface area contributed by atoms with Gasteiger partial charge in [-0.25, -0.2) is 0 Å². The first-order valence-electron chi connectivity index (χ1n) is 7.56. The zero-order valence-corrected chi connectivity index (χ0v) is 15.3. The summed E-state index contributed by atoms with van der Waals surface area (Å²) in [6.45, 7) is 3.49. The van der Waals surface area contributed by atoms with Gasteiger partial charge >= 0.3 is 0 Å². The number of likely N-dealkylation sites (tertiary alicyclic amines) is 1. The number of hydrogen-bond donors (Lipinski definition) is 2. The average molecular weight is 363 g/mol. The van der Waals surface area contributed by atoms with Gasteiger partial charge in [0.25, 0.3) is 5.91 Å². The number of nitrogens with zero attached hydrogens (tertiary/aromatic N) is 1. The molecular weight excluding hydrogens is 339 g/mol. The molecule has 0 radical (unpaired) electrons. The monoisotopic (exact) mass is 362 g/mol. The zero-order chi connectivity index (χ0) is 16.3. The normalized spacial score (nSPS) is 17.7. The number of nitrogens with one attached hydrogen (secondary N) is 1. The van der Waals surface area contributed by atoms with Crippen LogP contribution in [-0.2, 0) is 6.42 Å². The lowest BCUT2D eigenvalue weighted by molar-refractivity contribution is 0.0937. The van der Waals surface area contributed by atoms with Gasteiger partial charge in [-0.2, -0.15) is 0 Å². The number of likely N-dealkylation sites (N-methyl/N-ethyl adjacent to an activating group) is 1. The molecule has 130 valence electrons. The number of hydrogen-bond acceptors (Lipinski definition) is 4. The van der Waals surface area contributed by atoms with Crippen molar-refractivity contribution >= 4 is 29.9 Å². The van der Waals surface area contributed by atoms with Gasteiger partial charge in [0, 0.05) is 12.6 Å². The molecule has 23 heavy (non-hydrogen) atoms. The Morgan fingerprint density at radius 2 is 2.26 bits per heavy atom. The fraction of sp³-hybridized carbons (Fsp3) is 0.562. The number of methoxy groups -OCH3 is 1. The van der Waals surface area contributed by atoms with Crippen LogP contribution in [0.5, 0.6) is 11.5 Å². The van der Waals surface area contributed by atoms with E-state index in [1.807, 2.05) is 6.92 Å². The molecule has 1 atom stereocenters. The lowest BCUT2D eigenvalue weighted by Crippen LogP contribution is -2.38. The van der Waals surface area contributed by atoms with Crippen LogP contribution in [-0.4, -0.2) is 49.2 Å². The van der Waals surface area contributed by atoms with Crippen LogP contribution >= 0.6 is 24.0 Å². The Kier molecular flexibility index (Phi) is 7.45. The molecule has 1 amide bonds. The number of phenols is 1. The number of ether oxygens (including phenoxy) is 1. The third-order valence-corrected chi connectivity index (χ3v) is 4.55. The van der Waals surface area contributed by atoms with Gasteiger partial charge in [0.2, 0.25) is 0 Å². The number of aromatic hydroxyl groups is 1. The van der Waals surface area contributed by atoms with E-state index in [0.717, 1.165) is 19.4 Å². The van der Waals surface area contributed by atoms with E-state index < -0.39 is 0 Å². The molecule has 0 saturated carbocycles. The Bertz CT molecular complexity index is 567. The van der Waals surface area contributed by atoms with Crippen molar-refractivity contribution in [3.05, 3.63) is 22.2 Å². The second kappa shape index (κ2) is 8.62. The maximum absolute atomic E-state index is 12.5. The lowest BCUT2D eigenvalue weighted by Gasteiger charge is -2.20. The molecule has 0 spiro atoms. The number of carbonyl (C=O) groups is 1. The first-order chi connectivity index (χ1) is 10.5. The molecule has 7 heteroatoms. The third kappa shape index (κ3) is 4.22. The van der Waals surface area contributed by atoms with Crippen molar-refractivity contribution in [3.63, 3.8) is 0 Å². The Labute approximate surface area is 148 Å². The van der Waals surface area contributed by atoms with E-state index in [-0.39, 0.29) is 35.4 Å². The first kappa shape index (κ1) is 19.9. The standard InChI is InChI=1S/C16H23ClN2O3.ClH/c1-4-10-8-12(17)15(22-3)13(14(10)20)16(21)18-9-11-6-5-7-19(11)2;/h8,11,20H,4-7,9H2,1-3H3,(H,18,21);1H/t11-;/m0./s1. The van der Waals surface area contributed by atoms with Crippen molar-refractivity contribution < 1.29 is 14.6 Å². The summed E-state index contributed by atoms with van der Waals surface area (Å²) >= 11 is 6.16. The van der Waals surface area contributed by atoms with Crippen LogP contribution in [0.25, 0.3) is 0 Å². The minimum atomic E-state index is -0.355. The SMILES string of the molecule is CCc1cc(Cl)c(OC)c(C(=O)NC[C@@H]2CCCN2C)c1O.Cl. The van der Waals surface area contributed by atoms with Crippen molar-refractivity contribution in [1.82, 2.24) is 10.2 Å². The summed E-state index contributed by atoms with van der Waals surface area (Å²) in [6, 6.07) is 1.97. The number of rotatable bonds is 5. The highest BCUT2D eigenvalue weighted by Gasteiger charge is 2.25. The van der Waals surface area contributed by atoms with E-state index in [2.05, 4.69) is 17.3 Å². The predicted molar refractivity (Wildman–Crippen MR) is 94.3 cm³/mol. The van der Waals surface area contributed by atoms with E-state index in [1.54, 1.807) is 6.07 Å². The van der Waals surface area contributed by atoms with Crippen molar-refractivity contribution in [1.29, 1.82) is 0 Å². The summed E-state index contributed by atoms with van der Waals surface area (Å²) < 4.78 is 5.21. The molecule has 0 aliphatic carbocycles. The Morgan fingerprint density at radius 1 is 1.57 bits per heavy atom. The van der Waals surface area contributed by atoms with Gasteiger partial charge in [-0.1, -0.05) is 18.5 Å². The van der Waals surface area contributed by atoms with E-state index in [9.17, 15) is 9.90 Å². The maximum Gasteiger partial charge on any atom is 0.258 e. The number of carbonyl (C=O) groups excluding carboxylic acids is 1. The van der Waals surface area contributed by atoms with E-state index in [1.165, 1.54) is 7.11 Å². The summed E-state index contributed by atoms with van der Waals surface area (Å²) in [5, 5.41) is 13.5. The molecule has 1 aliphatic rings. The van der Waals surface area contributed by atoms with Crippen LogP contribution in [0.2, 0.25) is 5.02 Å². The van der Waals surface area contributed by atoms with Crippen LogP contribution in [0.3, 0.4) is 0 Å². The highest BCUT2D eigenvalue weighted by atomic mass is 35.5. The van der Waals surface area contributed by atoms with Gasteiger partial charge in [0.05, 0.1) is 12.1 Å². The van der Waals surface area contributed by atoms with Gasteiger partial charge < -0.3 is 20.1 Å². The Hall–Kier alpha value is -1.17. The number of aryl methyl sites for hydroxylation is 1. The van der Waals surface area contributed by atoms with E-state index >= 15 is 0 Å². The second-order valence-corrected chi connectivity index (χ2v) is 6.02. The summed E-state index contributed by atoms with van der Waals surface area (Å²) in [5.74, 6) is -0.193. The highest BCUT2D eigenvalue weighted by molar-refractivity contribution is 6.33. The molecule has 1 aromatic carbocycles. The molecule has 1 heterocycles. The number of phenolic OH excluding ortho intramolecular Hbond substituents is 1. The minimum absolute atomic E-state index is 0. The third-order valence-electron chi connectivity index (χ3n) is 4.27. The minimum Gasteiger partial charge on any atom is -0.507 e. The van der Waals surface area contributed by atoms with Crippen molar-refractivity contribution in [2.24, 2.45) is 0 Å². The molecule has 1 saturated heterocycles. The summed E-state index contributed by atoms with van der Waals surface area (Å²) in [6.07, 6.45) is 2.79. The van der Waals surface area contributed by atoms with Crippen molar-refractivity contribution in [2.45, 2.75) is 32.2 Å². The molecule has 1 fully saturated rings. The fourth-order valence-corrected chi connectivity index (χ4v) is 3.19. The topological polar surface area (TPSA) is 61.8 Å². The number of amides is 1. The van der Waals surface area contributed by atoms with Crippen LogP contribution in [0, 0.1) is 0 Å². The molecule has 0 unspecified atom stereocenters. The fourth-order valence-electron chi connectivity index (χ4n) is 2.89. The molecule has 5 nitrogen and oxygen atoms in total. The first-order valence-corrected chi connectivity index (χ1v) is 7.94. The van der Waals surface area contributed by atoms with Crippen LogP contribution < -0.4 is 10.1 Å². The summed E-state index contributed by atoms with van der Waals surface area (Å²) in [7, 11) is 3.49. The van der Waals surface area contributed by atoms with Crippen LogP contribution in [0.15, 0.2) is 6.07 Å². The van der Waals surface area contributed by atoms with Gasteiger partial charge in [0.1, 0.15) is 11.3 Å². The van der Waals surface area contributed by atoms with E-state index in [4.69, 9.17) is 16.3 Å². The Balaban J connectivity index is 0.00000264. The van der Waals surface area contributed by atoms with Crippen LogP contribution in [0.1, 0.15) is 35.7 Å². The molecular formula is C16H24Cl2N2O3. The maximum atomic E-state index is 12.5. The van der Waals surface area contributed by atoms with E-state index in [0.29, 0.717) is 29.6 Å². The molecule has 1 aromatic rings. The highest BCUT2D eigenvalue weighted by Crippen LogP contribution is 2.38. The Morgan fingerprint density at radius 3 is 2.78 bits per heavy atom. The molecule has 2 rings (SSSR count).